The van der Waals surface area contributed by atoms with E-state index in [4.69, 9.17) is 5.73 Å². The van der Waals surface area contributed by atoms with Gasteiger partial charge in [0.25, 0.3) is 0 Å². The van der Waals surface area contributed by atoms with Gasteiger partial charge in [-0.25, -0.2) is 14.4 Å². The van der Waals surface area contributed by atoms with Gasteiger partial charge in [-0.15, -0.1) is 0 Å². The molecule has 2 bridgehead atoms. The Balaban J connectivity index is 1.23. The molecule has 0 spiro atoms. The van der Waals surface area contributed by atoms with Crippen molar-refractivity contribution in [1.82, 2.24) is 14.9 Å². The van der Waals surface area contributed by atoms with Crippen LogP contribution in [0.25, 0.3) is 0 Å². The predicted molar refractivity (Wildman–Crippen MR) is 109 cm³/mol. The quantitative estimate of drug-likeness (QED) is 0.821. The summed E-state index contributed by atoms with van der Waals surface area (Å²) in [6.07, 6.45) is 11.9. The Labute approximate surface area is 172 Å². The summed E-state index contributed by atoms with van der Waals surface area (Å²) in [5.41, 5.74) is 5.81. The van der Waals surface area contributed by atoms with Gasteiger partial charge in [-0.1, -0.05) is 0 Å². The molecule has 6 nitrogen and oxygen atoms in total. The maximum absolute atomic E-state index is 13.2. The molecule has 1 saturated carbocycles. The average molecular weight is 402 g/mol. The van der Waals surface area contributed by atoms with E-state index in [9.17, 15) is 9.18 Å². The highest BCUT2D eigenvalue weighted by molar-refractivity contribution is 5.80. The minimum absolute atomic E-state index is 0.0233. The number of fused-ring (bicyclic) bond motifs is 2. The van der Waals surface area contributed by atoms with Crippen molar-refractivity contribution in [3.63, 3.8) is 0 Å². The van der Waals surface area contributed by atoms with Gasteiger partial charge in [0.15, 0.2) is 5.82 Å². The molecule has 5 rings (SSSR count). The van der Waals surface area contributed by atoms with Crippen LogP contribution in [0.5, 0.6) is 0 Å². The lowest BCUT2D eigenvalue weighted by molar-refractivity contribution is -0.126. The van der Waals surface area contributed by atoms with E-state index in [0.717, 1.165) is 38.1 Å². The van der Waals surface area contributed by atoms with Crippen molar-refractivity contribution in [3.05, 3.63) is 18.2 Å². The van der Waals surface area contributed by atoms with Crippen LogP contribution in [0.4, 0.5) is 10.3 Å². The Morgan fingerprint density at radius 3 is 2.28 bits per heavy atom. The Bertz CT molecular complexity index is 740. The zero-order chi connectivity index (χ0) is 20.1. The molecule has 7 heteroatoms. The SMILES string of the molecule is C[C@H]1C[C@@H](C2C[C@H]3CC[C@@H](C2)N3[C@@H](C(N)=O)C2CC2)CCN1c1ncc(F)cn1. The molecule has 4 aliphatic rings. The van der Waals surface area contributed by atoms with Crippen molar-refractivity contribution in [2.45, 2.75) is 82.5 Å². The Morgan fingerprint density at radius 2 is 1.72 bits per heavy atom. The van der Waals surface area contributed by atoms with E-state index >= 15 is 0 Å². The lowest BCUT2D eigenvalue weighted by Gasteiger charge is -2.47. The van der Waals surface area contributed by atoms with Crippen LogP contribution in [0.2, 0.25) is 0 Å². The lowest BCUT2D eigenvalue weighted by Crippen LogP contribution is -2.56. The van der Waals surface area contributed by atoms with Crippen molar-refractivity contribution < 1.29 is 9.18 Å². The summed E-state index contributed by atoms with van der Waals surface area (Å²) in [5, 5.41) is 0. The molecule has 1 amide bonds. The van der Waals surface area contributed by atoms with Gasteiger partial charge in [0, 0.05) is 24.7 Å². The number of halogens is 1. The molecule has 29 heavy (non-hydrogen) atoms. The molecule has 2 N–H and O–H groups in total. The molecule has 1 unspecified atom stereocenters. The zero-order valence-electron chi connectivity index (χ0n) is 17.2. The number of primary amides is 1. The van der Waals surface area contributed by atoms with Crippen molar-refractivity contribution in [2.75, 3.05) is 11.4 Å². The fourth-order valence-corrected chi connectivity index (χ4v) is 6.52. The van der Waals surface area contributed by atoms with Gasteiger partial charge in [-0.3, -0.25) is 9.69 Å². The highest BCUT2D eigenvalue weighted by Gasteiger charge is 2.51. The number of aromatic nitrogens is 2. The van der Waals surface area contributed by atoms with E-state index in [1.54, 1.807) is 0 Å². The molecule has 158 valence electrons. The van der Waals surface area contributed by atoms with Gasteiger partial charge in [-0.05, 0) is 76.0 Å². The molecule has 0 radical (unpaired) electrons. The van der Waals surface area contributed by atoms with E-state index in [1.807, 2.05) is 0 Å². The number of anilines is 1. The molecule has 3 aliphatic heterocycles. The topological polar surface area (TPSA) is 75.3 Å². The van der Waals surface area contributed by atoms with E-state index < -0.39 is 0 Å². The number of piperidine rings is 2. The summed E-state index contributed by atoms with van der Waals surface area (Å²) in [7, 11) is 0. The molecule has 6 atom stereocenters. The lowest BCUT2D eigenvalue weighted by atomic mass is 9.74. The fourth-order valence-electron chi connectivity index (χ4n) is 6.52. The van der Waals surface area contributed by atoms with Crippen molar-refractivity contribution in [1.29, 1.82) is 0 Å². The fraction of sp³-hybridized carbons (Fsp3) is 0.773. The number of carbonyl (C=O) groups is 1. The third-order valence-electron chi connectivity index (χ3n) is 7.95. The first kappa shape index (κ1) is 19.2. The highest BCUT2D eigenvalue weighted by Crippen LogP contribution is 2.48. The number of hydrogen-bond acceptors (Lipinski definition) is 5. The molecule has 4 heterocycles. The van der Waals surface area contributed by atoms with Gasteiger partial charge in [-0.2, -0.15) is 0 Å². The average Bonchev–Trinajstić information content (AvgIpc) is 3.49. The second-order valence-corrected chi connectivity index (χ2v) is 9.78. The van der Waals surface area contributed by atoms with Gasteiger partial charge in [0.1, 0.15) is 0 Å². The predicted octanol–water partition coefficient (Wildman–Crippen LogP) is 2.73. The van der Waals surface area contributed by atoms with Crippen LogP contribution in [0, 0.1) is 23.6 Å². The van der Waals surface area contributed by atoms with Gasteiger partial charge >= 0.3 is 0 Å². The largest absolute Gasteiger partial charge is 0.368 e. The monoisotopic (exact) mass is 401 g/mol. The summed E-state index contributed by atoms with van der Waals surface area (Å²) < 4.78 is 13.2. The number of carbonyl (C=O) groups excluding carboxylic acids is 1. The molecule has 3 saturated heterocycles. The minimum Gasteiger partial charge on any atom is -0.368 e. The Kier molecular flexibility index (Phi) is 4.96. The summed E-state index contributed by atoms with van der Waals surface area (Å²) >= 11 is 0. The third-order valence-corrected chi connectivity index (χ3v) is 7.95. The Morgan fingerprint density at radius 1 is 1.07 bits per heavy atom. The first-order valence-corrected chi connectivity index (χ1v) is 11.3. The molecule has 4 fully saturated rings. The maximum atomic E-state index is 13.2. The van der Waals surface area contributed by atoms with Gasteiger partial charge in [0.05, 0.1) is 18.4 Å². The molecular weight excluding hydrogens is 369 g/mol. The summed E-state index contributed by atoms with van der Waals surface area (Å²) in [4.78, 5) is 25.3. The number of amides is 1. The second kappa shape index (κ2) is 7.49. The normalized spacial score (nSPS) is 36.2. The van der Waals surface area contributed by atoms with Crippen molar-refractivity contribution in [3.8, 4) is 0 Å². The van der Waals surface area contributed by atoms with Crippen LogP contribution in [0.15, 0.2) is 12.4 Å². The van der Waals surface area contributed by atoms with Crippen LogP contribution in [-0.4, -0.2) is 51.5 Å². The van der Waals surface area contributed by atoms with Crippen LogP contribution in [-0.2, 0) is 4.79 Å². The van der Waals surface area contributed by atoms with E-state index in [0.29, 0.717) is 35.9 Å². The first-order valence-electron chi connectivity index (χ1n) is 11.3. The van der Waals surface area contributed by atoms with E-state index in [1.165, 1.54) is 38.1 Å². The standard InChI is InChI=1S/C22H32FN5O/c1-13-8-15(6-7-27(13)22-25-11-17(23)12-26-22)16-9-18-4-5-19(10-16)28(18)20(21(24)29)14-2-3-14/h11-16,18-20H,2-10H2,1H3,(H2,24,29)/t13-,15-,16?,18-,19+,20+/m0/s1. The number of nitrogens with two attached hydrogens (primary N) is 1. The zero-order valence-corrected chi connectivity index (χ0v) is 17.2. The van der Waals surface area contributed by atoms with E-state index in [-0.39, 0.29) is 17.8 Å². The maximum Gasteiger partial charge on any atom is 0.235 e. The molecular formula is C22H32FN5O. The van der Waals surface area contributed by atoms with Crippen molar-refractivity contribution in [2.24, 2.45) is 23.5 Å². The summed E-state index contributed by atoms with van der Waals surface area (Å²) in [5.74, 6) is 2.09. The van der Waals surface area contributed by atoms with E-state index in [2.05, 4.69) is 26.7 Å². The van der Waals surface area contributed by atoms with Crippen LogP contribution in [0.1, 0.15) is 58.3 Å². The van der Waals surface area contributed by atoms with Crippen LogP contribution < -0.4 is 10.6 Å². The summed E-state index contributed by atoms with van der Waals surface area (Å²) in [6, 6.07) is 1.40. The highest BCUT2D eigenvalue weighted by atomic mass is 19.1. The smallest absolute Gasteiger partial charge is 0.235 e. The summed E-state index contributed by atoms with van der Waals surface area (Å²) in [6.45, 7) is 3.16. The number of nitrogens with zero attached hydrogens (tertiary/aromatic N) is 4. The first-order chi connectivity index (χ1) is 14.0. The van der Waals surface area contributed by atoms with Crippen LogP contribution >= 0.6 is 0 Å². The number of hydrogen-bond donors (Lipinski definition) is 1. The molecule has 1 aromatic heterocycles. The van der Waals surface area contributed by atoms with Gasteiger partial charge < -0.3 is 10.6 Å². The van der Waals surface area contributed by atoms with Crippen LogP contribution in [0.3, 0.4) is 0 Å². The second-order valence-electron chi connectivity index (χ2n) is 9.78. The third kappa shape index (κ3) is 3.62. The molecule has 1 aromatic rings. The molecule has 1 aliphatic carbocycles. The minimum atomic E-state index is -0.390. The van der Waals surface area contributed by atoms with Gasteiger partial charge in [0.2, 0.25) is 11.9 Å². The number of rotatable bonds is 5. The van der Waals surface area contributed by atoms with Crippen molar-refractivity contribution >= 4 is 11.9 Å². The Hall–Kier alpha value is -1.76. The molecule has 0 aromatic carbocycles.